The van der Waals surface area contributed by atoms with Crippen LogP contribution >= 0.6 is 0 Å². The van der Waals surface area contributed by atoms with Gasteiger partial charge in [-0.3, -0.25) is 0 Å². The minimum absolute atomic E-state index is 0.510. The first-order valence-electron chi connectivity index (χ1n) is 7.76. The van der Waals surface area contributed by atoms with Crippen LogP contribution in [0.5, 0.6) is 17.2 Å². The molecule has 3 rings (SSSR count). The van der Waals surface area contributed by atoms with E-state index in [-0.39, 0.29) is 0 Å². The van der Waals surface area contributed by atoms with Crippen molar-refractivity contribution in [2.45, 2.75) is 6.54 Å². The summed E-state index contributed by atoms with van der Waals surface area (Å²) in [6.45, 7) is 0.510. The van der Waals surface area contributed by atoms with Gasteiger partial charge >= 0.3 is 0 Å². The van der Waals surface area contributed by atoms with Crippen molar-refractivity contribution in [1.29, 1.82) is 0 Å². The van der Waals surface area contributed by atoms with E-state index in [0.29, 0.717) is 29.6 Å². The summed E-state index contributed by atoms with van der Waals surface area (Å²) < 4.78 is 21.6. The van der Waals surface area contributed by atoms with Gasteiger partial charge in [-0.25, -0.2) is 0 Å². The maximum Gasteiger partial charge on any atom is 0.203 e. The van der Waals surface area contributed by atoms with Crippen LogP contribution in [0.2, 0.25) is 0 Å². The highest BCUT2D eigenvalue weighted by Crippen LogP contribution is 2.41. The van der Waals surface area contributed by atoms with Gasteiger partial charge in [0.25, 0.3) is 0 Å². The van der Waals surface area contributed by atoms with Gasteiger partial charge in [-0.2, -0.15) is 0 Å². The molecule has 0 radical (unpaired) electrons. The summed E-state index contributed by atoms with van der Waals surface area (Å²) in [5.41, 5.74) is 9.18. The molecule has 6 nitrogen and oxygen atoms in total. The van der Waals surface area contributed by atoms with E-state index in [0.717, 1.165) is 22.4 Å². The van der Waals surface area contributed by atoms with Gasteiger partial charge in [-0.05, 0) is 17.7 Å². The molecule has 1 aromatic heterocycles. The zero-order valence-corrected chi connectivity index (χ0v) is 14.4. The SMILES string of the molecule is COc1cc(-c2cc(-c3ccc(CN)cc3)no2)cc(OC)c1OC. The van der Waals surface area contributed by atoms with Crippen LogP contribution in [-0.2, 0) is 6.54 Å². The standard InChI is InChI=1S/C19H20N2O4/c1-22-17-8-14(9-18(23-2)19(17)24-3)16-10-15(21-25-16)13-6-4-12(11-20)5-7-13/h4-10H,11,20H2,1-3H3. The summed E-state index contributed by atoms with van der Waals surface area (Å²) in [7, 11) is 4.72. The van der Waals surface area contributed by atoms with Crippen LogP contribution in [0.15, 0.2) is 47.0 Å². The maximum atomic E-state index is 5.63. The average Bonchev–Trinajstić information content (AvgIpc) is 3.17. The van der Waals surface area contributed by atoms with Gasteiger partial charge in [0.1, 0.15) is 5.69 Å². The molecule has 0 aliphatic rings. The fourth-order valence-corrected chi connectivity index (χ4v) is 2.58. The lowest BCUT2D eigenvalue weighted by Gasteiger charge is -2.12. The molecule has 0 aliphatic heterocycles. The predicted octanol–water partition coefficient (Wildman–Crippen LogP) is 3.49. The molecule has 3 aromatic rings. The summed E-state index contributed by atoms with van der Waals surface area (Å²) in [4.78, 5) is 0. The largest absolute Gasteiger partial charge is 0.493 e. The van der Waals surface area contributed by atoms with E-state index in [1.165, 1.54) is 0 Å². The molecule has 0 amide bonds. The molecule has 0 atom stereocenters. The summed E-state index contributed by atoms with van der Waals surface area (Å²) in [5.74, 6) is 2.26. The van der Waals surface area contributed by atoms with Gasteiger partial charge in [-0.1, -0.05) is 29.4 Å². The molecule has 0 saturated carbocycles. The monoisotopic (exact) mass is 340 g/mol. The van der Waals surface area contributed by atoms with Crippen LogP contribution in [-0.4, -0.2) is 26.5 Å². The molecule has 0 unspecified atom stereocenters. The highest BCUT2D eigenvalue weighted by Gasteiger charge is 2.17. The normalized spacial score (nSPS) is 10.6. The second-order valence-corrected chi connectivity index (χ2v) is 5.39. The number of benzene rings is 2. The fourth-order valence-electron chi connectivity index (χ4n) is 2.58. The zero-order valence-electron chi connectivity index (χ0n) is 14.4. The van der Waals surface area contributed by atoms with Crippen molar-refractivity contribution in [3.63, 3.8) is 0 Å². The lowest BCUT2D eigenvalue weighted by Crippen LogP contribution is -1.95. The van der Waals surface area contributed by atoms with Crippen molar-refractivity contribution in [2.75, 3.05) is 21.3 Å². The number of hydrogen-bond donors (Lipinski definition) is 1. The van der Waals surface area contributed by atoms with Gasteiger partial charge in [0, 0.05) is 23.7 Å². The van der Waals surface area contributed by atoms with Crippen LogP contribution in [0.25, 0.3) is 22.6 Å². The molecule has 0 spiro atoms. The molecule has 0 fully saturated rings. The van der Waals surface area contributed by atoms with Crippen LogP contribution in [0.4, 0.5) is 0 Å². The third-order valence-electron chi connectivity index (χ3n) is 3.94. The van der Waals surface area contributed by atoms with Crippen LogP contribution < -0.4 is 19.9 Å². The van der Waals surface area contributed by atoms with Crippen LogP contribution in [0, 0.1) is 0 Å². The van der Waals surface area contributed by atoms with Gasteiger partial charge in [-0.15, -0.1) is 0 Å². The Morgan fingerprint density at radius 1 is 0.880 bits per heavy atom. The second kappa shape index (κ2) is 7.27. The highest BCUT2D eigenvalue weighted by molar-refractivity contribution is 5.71. The van der Waals surface area contributed by atoms with Crippen molar-refractivity contribution in [3.8, 4) is 39.8 Å². The molecule has 130 valence electrons. The summed E-state index contributed by atoms with van der Waals surface area (Å²) in [5, 5.41) is 4.15. The molecule has 6 heteroatoms. The molecule has 0 aliphatic carbocycles. The predicted molar refractivity (Wildman–Crippen MR) is 94.9 cm³/mol. The van der Waals surface area contributed by atoms with Crippen molar-refractivity contribution in [3.05, 3.63) is 48.0 Å². The Hall–Kier alpha value is -2.99. The second-order valence-electron chi connectivity index (χ2n) is 5.39. The topological polar surface area (TPSA) is 79.7 Å². The molecular weight excluding hydrogens is 320 g/mol. The highest BCUT2D eigenvalue weighted by atomic mass is 16.5. The van der Waals surface area contributed by atoms with E-state index in [4.69, 9.17) is 24.5 Å². The van der Waals surface area contributed by atoms with E-state index < -0.39 is 0 Å². The quantitative estimate of drug-likeness (QED) is 0.740. The smallest absolute Gasteiger partial charge is 0.203 e. The Morgan fingerprint density at radius 2 is 1.52 bits per heavy atom. The number of ether oxygens (including phenoxy) is 3. The average molecular weight is 340 g/mol. The van der Waals surface area contributed by atoms with Gasteiger partial charge < -0.3 is 24.5 Å². The third-order valence-corrected chi connectivity index (χ3v) is 3.94. The Kier molecular flexibility index (Phi) is 4.90. The number of nitrogens with zero attached hydrogens (tertiary/aromatic N) is 1. The molecule has 25 heavy (non-hydrogen) atoms. The Bertz CT molecular complexity index is 831. The van der Waals surface area contributed by atoms with Crippen LogP contribution in [0.3, 0.4) is 0 Å². The van der Waals surface area contributed by atoms with Crippen LogP contribution in [0.1, 0.15) is 5.56 Å². The van der Waals surface area contributed by atoms with Crippen molar-refractivity contribution >= 4 is 0 Å². The minimum Gasteiger partial charge on any atom is -0.493 e. The Labute approximate surface area is 146 Å². The number of aromatic nitrogens is 1. The van der Waals surface area contributed by atoms with E-state index in [2.05, 4.69) is 5.16 Å². The van der Waals surface area contributed by atoms with Crippen molar-refractivity contribution in [1.82, 2.24) is 5.16 Å². The Balaban J connectivity index is 1.98. The van der Waals surface area contributed by atoms with Crippen molar-refractivity contribution < 1.29 is 18.7 Å². The van der Waals surface area contributed by atoms with Gasteiger partial charge in [0.05, 0.1) is 21.3 Å². The lowest BCUT2D eigenvalue weighted by molar-refractivity contribution is 0.324. The summed E-state index contributed by atoms with van der Waals surface area (Å²) in [6.07, 6.45) is 0. The first-order chi connectivity index (χ1) is 12.2. The zero-order chi connectivity index (χ0) is 17.8. The number of rotatable bonds is 6. The fraction of sp³-hybridized carbons (Fsp3) is 0.211. The first-order valence-corrected chi connectivity index (χ1v) is 7.76. The first kappa shape index (κ1) is 16.9. The number of nitrogens with two attached hydrogens (primary N) is 1. The molecular formula is C19H20N2O4. The number of hydrogen-bond acceptors (Lipinski definition) is 6. The molecule has 0 bridgehead atoms. The van der Waals surface area contributed by atoms with Gasteiger partial charge in [0.15, 0.2) is 17.3 Å². The van der Waals surface area contributed by atoms with Crippen molar-refractivity contribution in [2.24, 2.45) is 5.73 Å². The Morgan fingerprint density at radius 3 is 2.04 bits per heavy atom. The molecule has 2 N–H and O–H groups in total. The molecule has 2 aromatic carbocycles. The minimum atomic E-state index is 0.510. The molecule has 0 saturated heterocycles. The third kappa shape index (κ3) is 3.29. The van der Waals surface area contributed by atoms with E-state index >= 15 is 0 Å². The molecule has 1 heterocycles. The summed E-state index contributed by atoms with van der Waals surface area (Å²) in [6, 6.07) is 13.4. The van der Waals surface area contributed by atoms with E-state index in [1.54, 1.807) is 21.3 Å². The van der Waals surface area contributed by atoms with E-state index in [9.17, 15) is 0 Å². The van der Waals surface area contributed by atoms with Gasteiger partial charge in [0.2, 0.25) is 5.75 Å². The maximum absolute atomic E-state index is 5.63. The number of methoxy groups -OCH3 is 3. The lowest BCUT2D eigenvalue weighted by atomic mass is 10.1. The summed E-state index contributed by atoms with van der Waals surface area (Å²) >= 11 is 0. The van der Waals surface area contributed by atoms with E-state index in [1.807, 2.05) is 42.5 Å².